The summed E-state index contributed by atoms with van der Waals surface area (Å²) in [5.74, 6) is -1.28. The Hall–Kier alpha value is -1.95. The van der Waals surface area contributed by atoms with Crippen molar-refractivity contribution in [3.63, 3.8) is 0 Å². The number of benzene rings is 1. The highest BCUT2D eigenvalue weighted by atomic mass is 32.1. The lowest BCUT2D eigenvalue weighted by Crippen LogP contribution is -2.35. The number of likely N-dealkylation sites (N-methyl/N-ethyl adjacent to an activating group) is 1. The molecule has 0 saturated carbocycles. The van der Waals surface area contributed by atoms with Crippen LogP contribution in [0.25, 0.3) is 10.2 Å². The summed E-state index contributed by atoms with van der Waals surface area (Å²) >= 11 is 1.45. The molecule has 0 spiro atoms. The van der Waals surface area contributed by atoms with E-state index in [0.717, 1.165) is 10.2 Å². The normalized spacial score (nSPS) is 10.5. The second-order valence-corrected chi connectivity index (χ2v) is 4.63. The highest BCUT2D eigenvalue weighted by Crippen LogP contribution is 2.19. The third kappa shape index (κ3) is 2.48. The van der Waals surface area contributed by atoms with Crippen molar-refractivity contribution in [1.82, 2.24) is 9.88 Å². The highest BCUT2D eigenvalue weighted by molar-refractivity contribution is 7.16. The Kier molecular flexibility index (Phi) is 3.57. The largest absolute Gasteiger partial charge is 0.480 e. The van der Waals surface area contributed by atoms with E-state index in [1.165, 1.54) is 16.2 Å². The summed E-state index contributed by atoms with van der Waals surface area (Å²) in [6, 6.07) is 5.20. The van der Waals surface area contributed by atoms with E-state index in [0.29, 0.717) is 12.1 Å². The van der Waals surface area contributed by atoms with E-state index >= 15 is 0 Å². The van der Waals surface area contributed by atoms with Crippen molar-refractivity contribution >= 4 is 33.4 Å². The zero-order chi connectivity index (χ0) is 13.1. The number of hydrogen-bond donors (Lipinski definition) is 1. The van der Waals surface area contributed by atoms with Crippen molar-refractivity contribution in [2.24, 2.45) is 0 Å². The molecule has 2 rings (SSSR count). The molecule has 2 aromatic rings. The third-order valence-corrected chi connectivity index (χ3v) is 3.37. The van der Waals surface area contributed by atoms with Gasteiger partial charge in [0.2, 0.25) is 0 Å². The number of carbonyl (C=O) groups excluding carboxylic acids is 1. The Morgan fingerprint density at radius 3 is 2.89 bits per heavy atom. The summed E-state index contributed by atoms with van der Waals surface area (Å²) in [7, 11) is 0. The standard InChI is InChI=1S/C12H12N2O3S/c1-2-14(6-11(15)16)12(17)8-3-4-9-10(5-8)18-7-13-9/h3-5,7H,2,6H2,1H3,(H,15,16). The van der Waals surface area contributed by atoms with Crippen LogP contribution in [0.5, 0.6) is 0 Å². The van der Waals surface area contributed by atoms with E-state index in [1.807, 2.05) is 0 Å². The maximum absolute atomic E-state index is 12.1. The van der Waals surface area contributed by atoms with Gasteiger partial charge in [0, 0.05) is 12.1 Å². The molecule has 1 amide bonds. The van der Waals surface area contributed by atoms with Gasteiger partial charge >= 0.3 is 5.97 Å². The molecule has 0 bridgehead atoms. The first-order valence-electron chi connectivity index (χ1n) is 5.46. The number of thiazole rings is 1. The summed E-state index contributed by atoms with van der Waals surface area (Å²) in [5.41, 5.74) is 3.06. The SMILES string of the molecule is CCN(CC(=O)O)C(=O)c1ccc2ncsc2c1. The van der Waals surface area contributed by atoms with Crippen LogP contribution in [0.1, 0.15) is 17.3 Å². The van der Waals surface area contributed by atoms with Gasteiger partial charge < -0.3 is 10.0 Å². The molecule has 1 aromatic carbocycles. The first-order chi connectivity index (χ1) is 8.61. The van der Waals surface area contributed by atoms with Crippen molar-refractivity contribution in [2.45, 2.75) is 6.92 Å². The van der Waals surface area contributed by atoms with Gasteiger partial charge in [-0.1, -0.05) is 0 Å². The van der Waals surface area contributed by atoms with Gasteiger partial charge in [-0.25, -0.2) is 4.98 Å². The molecule has 18 heavy (non-hydrogen) atoms. The number of hydrogen-bond acceptors (Lipinski definition) is 4. The van der Waals surface area contributed by atoms with Crippen molar-refractivity contribution in [1.29, 1.82) is 0 Å². The monoisotopic (exact) mass is 264 g/mol. The Bertz CT molecular complexity index is 594. The number of carbonyl (C=O) groups is 2. The van der Waals surface area contributed by atoms with Gasteiger partial charge in [-0.05, 0) is 25.1 Å². The van der Waals surface area contributed by atoms with E-state index in [4.69, 9.17) is 5.11 Å². The van der Waals surface area contributed by atoms with Crippen LogP contribution in [0.15, 0.2) is 23.7 Å². The molecule has 0 fully saturated rings. The summed E-state index contributed by atoms with van der Waals surface area (Å²) in [4.78, 5) is 28.2. The molecule has 0 aliphatic rings. The molecule has 6 heteroatoms. The van der Waals surface area contributed by atoms with Crippen molar-refractivity contribution in [2.75, 3.05) is 13.1 Å². The number of fused-ring (bicyclic) bond motifs is 1. The fourth-order valence-electron chi connectivity index (χ4n) is 1.66. The van der Waals surface area contributed by atoms with Gasteiger partial charge in [0.1, 0.15) is 6.54 Å². The van der Waals surface area contributed by atoms with Crippen LogP contribution in [0, 0.1) is 0 Å². The molecule has 0 atom stereocenters. The predicted octanol–water partition coefficient (Wildman–Crippen LogP) is 1.84. The number of aliphatic carboxylic acids is 1. The lowest BCUT2D eigenvalue weighted by Gasteiger charge is -2.18. The van der Waals surface area contributed by atoms with Crippen molar-refractivity contribution < 1.29 is 14.7 Å². The number of rotatable bonds is 4. The molecule has 0 aliphatic heterocycles. The van der Waals surface area contributed by atoms with E-state index in [9.17, 15) is 9.59 Å². The summed E-state index contributed by atoms with van der Waals surface area (Å²) in [5, 5.41) is 8.75. The number of aromatic nitrogens is 1. The average molecular weight is 264 g/mol. The number of carboxylic acids is 1. The minimum absolute atomic E-state index is 0.268. The average Bonchev–Trinajstić information content (AvgIpc) is 2.81. The topological polar surface area (TPSA) is 70.5 Å². The minimum atomic E-state index is -1.01. The first-order valence-corrected chi connectivity index (χ1v) is 6.34. The fraction of sp³-hybridized carbons (Fsp3) is 0.250. The van der Waals surface area contributed by atoms with Crippen LogP contribution in [0.3, 0.4) is 0 Å². The van der Waals surface area contributed by atoms with Crippen LogP contribution in [-0.4, -0.2) is 40.0 Å². The van der Waals surface area contributed by atoms with Gasteiger partial charge in [0.25, 0.3) is 5.91 Å². The highest BCUT2D eigenvalue weighted by Gasteiger charge is 2.17. The van der Waals surface area contributed by atoms with Gasteiger partial charge in [0.15, 0.2) is 0 Å². The summed E-state index contributed by atoms with van der Waals surface area (Å²) < 4.78 is 0.923. The Balaban J connectivity index is 2.28. The van der Waals surface area contributed by atoms with Crippen LogP contribution >= 0.6 is 11.3 Å². The Morgan fingerprint density at radius 2 is 2.22 bits per heavy atom. The van der Waals surface area contributed by atoms with Gasteiger partial charge in [-0.15, -0.1) is 11.3 Å². The van der Waals surface area contributed by atoms with Crippen molar-refractivity contribution in [3.8, 4) is 0 Å². The maximum atomic E-state index is 12.1. The molecular formula is C12H12N2O3S. The molecule has 0 radical (unpaired) electrons. The summed E-state index contributed by atoms with van der Waals surface area (Å²) in [6.07, 6.45) is 0. The van der Waals surface area contributed by atoms with E-state index in [1.54, 1.807) is 30.6 Å². The van der Waals surface area contributed by atoms with E-state index < -0.39 is 5.97 Å². The van der Waals surface area contributed by atoms with Crippen LogP contribution in [0.4, 0.5) is 0 Å². The number of amides is 1. The molecule has 1 N–H and O–H groups in total. The molecule has 1 heterocycles. The number of carboxylic acid groups (broad SMARTS) is 1. The molecular weight excluding hydrogens is 252 g/mol. The second-order valence-electron chi connectivity index (χ2n) is 3.75. The van der Waals surface area contributed by atoms with Crippen LogP contribution in [-0.2, 0) is 4.79 Å². The molecule has 1 aromatic heterocycles. The molecule has 0 unspecified atom stereocenters. The first kappa shape index (κ1) is 12.5. The minimum Gasteiger partial charge on any atom is -0.480 e. The van der Waals surface area contributed by atoms with Crippen LogP contribution < -0.4 is 0 Å². The molecule has 0 saturated heterocycles. The second kappa shape index (κ2) is 5.14. The summed E-state index contributed by atoms with van der Waals surface area (Å²) in [6.45, 7) is 1.84. The quantitative estimate of drug-likeness (QED) is 0.914. The van der Waals surface area contributed by atoms with Gasteiger partial charge in [0.05, 0.1) is 15.7 Å². The lowest BCUT2D eigenvalue weighted by molar-refractivity contribution is -0.137. The predicted molar refractivity (Wildman–Crippen MR) is 68.8 cm³/mol. The number of nitrogens with zero attached hydrogens (tertiary/aromatic N) is 2. The zero-order valence-electron chi connectivity index (χ0n) is 9.79. The molecule has 94 valence electrons. The molecule has 0 aliphatic carbocycles. The molecule has 5 nitrogen and oxygen atoms in total. The lowest BCUT2D eigenvalue weighted by atomic mass is 10.2. The van der Waals surface area contributed by atoms with Gasteiger partial charge in [-0.2, -0.15) is 0 Å². The van der Waals surface area contributed by atoms with E-state index in [2.05, 4.69) is 4.98 Å². The maximum Gasteiger partial charge on any atom is 0.323 e. The smallest absolute Gasteiger partial charge is 0.323 e. The van der Waals surface area contributed by atoms with Crippen LogP contribution in [0.2, 0.25) is 0 Å². The Morgan fingerprint density at radius 1 is 1.44 bits per heavy atom. The third-order valence-electron chi connectivity index (χ3n) is 2.57. The fourth-order valence-corrected chi connectivity index (χ4v) is 2.38. The Labute approximate surface area is 108 Å². The zero-order valence-corrected chi connectivity index (χ0v) is 10.6. The van der Waals surface area contributed by atoms with Gasteiger partial charge in [-0.3, -0.25) is 9.59 Å². The van der Waals surface area contributed by atoms with Crippen molar-refractivity contribution in [3.05, 3.63) is 29.3 Å². The van der Waals surface area contributed by atoms with E-state index in [-0.39, 0.29) is 12.5 Å².